The summed E-state index contributed by atoms with van der Waals surface area (Å²) in [6.45, 7) is 6.94. The van der Waals surface area contributed by atoms with Gasteiger partial charge < -0.3 is 13.8 Å². The Labute approximate surface area is 170 Å². The van der Waals surface area contributed by atoms with Crippen molar-refractivity contribution in [2.24, 2.45) is 0 Å². The molecule has 0 N–H and O–H groups in total. The molecule has 3 aromatic rings. The molecule has 2 aromatic heterocycles. The molecule has 0 bridgehead atoms. The Morgan fingerprint density at radius 1 is 1.28 bits per heavy atom. The Bertz CT molecular complexity index is 1070. The van der Waals surface area contributed by atoms with Crippen LogP contribution in [0.2, 0.25) is 0 Å². The number of ether oxygens (including phenoxy) is 1. The predicted molar refractivity (Wildman–Crippen MR) is 110 cm³/mol. The molecule has 0 amide bonds. The van der Waals surface area contributed by atoms with Gasteiger partial charge in [0.05, 0.1) is 0 Å². The van der Waals surface area contributed by atoms with Gasteiger partial charge in [-0.3, -0.25) is 0 Å². The van der Waals surface area contributed by atoms with Crippen molar-refractivity contribution in [3.63, 3.8) is 0 Å². The van der Waals surface area contributed by atoms with Crippen molar-refractivity contribution in [2.75, 3.05) is 0 Å². The van der Waals surface area contributed by atoms with E-state index in [0.717, 1.165) is 35.5 Å². The lowest BCUT2D eigenvalue weighted by Gasteiger charge is -2.07. The summed E-state index contributed by atoms with van der Waals surface area (Å²) in [6.07, 6.45) is 2.59. The molecule has 0 saturated carbocycles. The summed E-state index contributed by atoms with van der Waals surface area (Å²) in [4.78, 5) is 12.4. The van der Waals surface area contributed by atoms with E-state index in [1.165, 1.54) is 0 Å². The molecule has 6 nitrogen and oxygen atoms in total. The normalized spacial score (nSPS) is 11.3. The number of rotatable bonds is 7. The summed E-state index contributed by atoms with van der Waals surface area (Å²) in [5.41, 5.74) is 4.28. The molecule has 148 valence electrons. The first-order valence-electron chi connectivity index (χ1n) is 9.50. The molecule has 0 aliphatic heterocycles. The monoisotopic (exact) mass is 389 g/mol. The van der Waals surface area contributed by atoms with Crippen LogP contribution in [0.1, 0.15) is 36.0 Å². The smallest absolute Gasteiger partial charge is 0.349 e. The van der Waals surface area contributed by atoms with E-state index < -0.39 is 5.97 Å². The van der Waals surface area contributed by atoms with Gasteiger partial charge in [0.2, 0.25) is 0 Å². The van der Waals surface area contributed by atoms with Crippen LogP contribution in [0.3, 0.4) is 0 Å². The zero-order valence-corrected chi connectivity index (χ0v) is 16.8. The fourth-order valence-corrected chi connectivity index (χ4v) is 3.17. The Hall–Kier alpha value is -3.59. The summed E-state index contributed by atoms with van der Waals surface area (Å²) in [6, 6.07) is 15.2. The van der Waals surface area contributed by atoms with Crippen LogP contribution < -0.4 is 0 Å². The van der Waals surface area contributed by atoms with E-state index in [0.29, 0.717) is 11.5 Å². The Morgan fingerprint density at radius 3 is 2.72 bits per heavy atom. The quantitative estimate of drug-likeness (QED) is 0.329. The van der Waals surface area contributed by atoms with E-state index in [9.17, 15) is 10.1 Å². The second-order valence-electron chi connectivity index (χ2n) is 6.77. The van der Waals surface area contributed by atoms with Gasteiger partial charge in [-0.1, -0.05) is 42.4 Å². The number of aryl methyl sites for hydroxylation is 1. The summed E-state index contributed by atoms with van der Waals surface area (Å²) in [5.74, 6) is -0.0897. The van der Waals surface area contributed by atoms with Crippen LogP contribution in [-0.2, 0) is 22.7 Å². The Balaban J connectivity index is 1.70. The number of carbonyl (C=O) groups excluding carboxylic acids is 1. The topological polar surface area (TPSA) is 81.0 Å². The molecule has 29 heavy (non-hydrogen) atoms. The predicted octanol–water partition coefficient (Wildman–Crippen LogP) is 4.82. The highest BCUT2D eigenvalue weighted by Crippen LogP contribution is 2.21. The average molecular weight is 389 g/mol. The molecular weight excluding hydrogens is 366 g/mol. The van der Waals surface area contributed by atoms with Gasteiger partial charge in [0.15, 0.2) is 5.76 Å². The molecule has 0 atom stereocenters. The van der Waals surface area contributed by atoms with Crippen molar-refractivity contribution < 1.29 is 14.1 Å². The number of hydrogen-bond acceptors (Lipinski definition) is 5. The molecule has 0 spiro atoms. The lowest BCUT2D eigenvalue weighted by molar-refractivity contribution is -0.139. The third kappa shape index (κ3) is 4.64. The number of aromatic nitrogens is 2. The van der Waals surface area contributed by atoms with Gasteiger partial charge in [-0.2, -0.15) is 5.26 Å². The third-order valence-electron chi connectivity index (χ3n) is 4.67. The molecule has 2 heterocycles. The third-order valence-corrected chi connectivity index (χ3v) is 4.67. The minimum Gasteiger partial charge on any atom is -0.455 e. The second kappa shape index (κ2) is 9.07. The fraction of sp³-hybridized carbons (Fsp3) is 0.261. The van der Waals surface area contributed by atoms with Gasteiger partial charge in [-0.05, 0) is 38.0 Å². The van der Waals surface area contributed by atoms with Gasteiger partial charge in [0.1, 0.15) is 23.9 Å². The molecule has 0 fully saturated rings. The molecule has 0 radical (unpaired) electrons. The number of nitriles is 1. The van der Waals surface area contributed by atoms with Crippen LogP contribution in [0.4, 0.5) is 0 Å². The molecule has 0 aliphatic carbocycles. The zero-order chi connectivity index (χ0) is 20.8. The van der Waals surface area contributed by atoms with Crippen molar-refractivity contribution in [1.29, 1.82) is 5.26 Å². The van der Waals surface area contributed by atoms with Crippen molar-refractivity contribution in [3.8, 4) is 17.4 Å². The van der Waals surface area contributed by atoms with Crippen LogP contribution in [0, 0.1) is 25.2 Å². The van der Waals surface area contributed by atoms with Gasteiger partial charge >= 0.3 is 5.97 Å². The van der Waals surface area contributed by atoms with E-state index in [1.54, 1.807) is 12.1 Å². The van der Waals surface area contributed by atoms with Crippen molar-refractivity contribution in [3.05, 3.63) is 70.7 Å². The summed E-state index contributed by atoms with van der Waals surface area (Å²) >= 11 is 0. The van der Waals surface area contributed by atoms with Crippen LogP contribution in [0.15, 0.2) is 52.6 Å². The SMILES string of the molecule is CCCn1c(C)cc(/C=C(\C#N)C(=O)OCc2cc(-c3ccccc3)on2)c1C. The molecule has 6 heteroatoms. The fourth-order valence-electron chi connectivity index (χ4n) is 3.17. The van der Waals surface area contributed by atoms with Gasteiger partial charge in [-0.25, -0.2) is 4.79 Å². The van der Waals surface area contributed by atoms with Crippen molar-refractivity contribution in [2.45, 2.75) is 40.3 Å². The van der Waals surface area contributed by atoms with E-state index >= 15 is 0 Å². The molecular formula is C23H23N3O3. The van der Waals surface area contributed by atoms with E-state index in [2.05, 4.69) is 16.6 Å². The number of hydrogen-bond donors (Lipinski definition) is 0. The average Bonchev–Trinajstić information content (AvgIpc) is 3.31. The second-order valence-corrected chi connectivity index (χ2v) is 6.77. The van der Waals surface area contributed by atoms with Gasteiger partial charge in [-0.15, -0.1) is 0 Å². The minimum atomic E-state index is -0.683. The first kappa shape index (κ1) is 20.2. The summed E-state index contributed by atoms with van der Waals surface area (Å²) < 4.78 is 12.7. The molecule has 1 aromatic carbocycles. The standard InChI is InChI=1S/C23H23N3O3/c1-4-10-26-16(2)11-19(17(26)3)12-20(14-24)23(27)28-15-21-13-22(29-25-21)18-8-6-5-7-9-18/h5-9,11-13H,4,10,15H2,1-3H3/b20-12+. The largest absolute Gasteiger partial charge is 0.455 e. The molecule has 3 rings (SSSR count). The van der Waals surface area contributed by atoms with Crippen LogP contribution in [0.25, 0.3) is 17.4 Å². The lowest BCUT2D eigenvalue weighted by atomic mass is 10.1. The van der Waals surface area contributed by atoms with E-state index in [-0.39, 0.29) is 12.2 Å². The van der Waals surface area contributed by atoms with Crippen molar-refractivity contribution in [1.82, 2.24) is 9.72 Å². The highest BCUT2D eigenvalue weighted by Gasteiger charge is 2.15. The highest BCUT2D eigenvalue weighted by molar-refractivity contribution is 5.98. The van der Waals surface area contributed by atoms with Gasteiger partial charge in [0.25, 0.3) is 0 Å². The molecule has 0 unspecified atom stereocenters. The first-order valence-corrected chi connectivity index (χ1v) is 9.50. The van der Waals surface area contributed by atoms with E-state index in [4.69, 9.17) is 9.26 Å². The molecule has 0 aliphatic rings. The highest BCUT2D eigenvalue weighted by atomic mass is 16.5. The van der Waals surface area contributed by atoms with E-state index in [1.807, 2.05) is 56.3 Å². The number of benzene rings is 1. The number of carbonyl (C=O) groups is 1. The maximum absolute atomic E-state index is 12.4. The Morgan fingerprint density at radius 2 is 2.03 bits per heavy atom. The maximum atomic E-state index is 12.4. The van der Waals surface area contributed by atoms with Crippen LogP contribution in [-0.4, -0.2) is 15.7 Å². The summed E-state index contributed by atoms with van der Waals surface area (Å²) in [7, 11) is 0. The minimum absolute atomic E-state index is 0.0477. The maximum Gasteiger partial charge on any atom is 0.349 e. The Kier molecular flexibility index (Phi) is 6.30. The first-order chi connectivity index (χ1) is 14.0. The van der Waals surface area contributed by atoms with Crippen LogP contribution >= 0.6 is 0 Å². The summed E-state index contributed by atoms with van der Waals surface area (Å²) in [5, 5.41) is 13.3. The number of nitrogens with zero attached hydrogens (tertiary/aromatic N) is 3. The number of esters is 1. The zero-order valence-electron chi connectivity index (χ0n) is 16.8. The van der Waals surface area contributed by atoms with Crippen molar-refractivity contribution >= 4 is 12.0 Å². The van der Waals surface area contributed by atoms with Crippen LogP contribution in [0.5, 0.6) is 0 Å². The molecule has 0 saturated heterocycles. The lowest BCUT2D eigenvalue weighted by Crippen LogP contribution is -2.07. The van der Waals surface area contributed by atoms with Gasteiger partial charge in [0, 0.05) is 29.6 Å².